The van der Waals surface area contributed by atoms with Crippen molar-refractivity contribution >= 4 is 17.6 Å². The fraction of sp³-hybridized carbons (Fsp3) is 0.333. The Morgan fingerprint density at radius 3 is 2.62 bits per heavy atom. The molecule has 11 heteroatoms. The molecule has 0 saturated carbocycles. The number of imidazole rings is 1. The van der Waals surface area contributed by atoms with Crippen molar-refractivity contribution in [2.24, 2.45) is 0 Å². The lowest BCUT2D eigenvalue weighted by Crippen LogP contribution is -2.14. The smallest absolute Gasteiger partial charge is 0.416 e. The van der Waals surface area contributed by atoms with Crippen molar-refractivity contribution < 1.29 is 17.9 Å². The quantitative estimate of drug-likeness (QED) is 0.589. The van der Waals surface area contributed by atoms with Crippen LogP contribution in [0.1, 0.15) is 18.3 Å². The minimum absolute atomic E-state index is 0.0679. The molecule has 3 rings (SSSR count). The largest absolute Gasteiger partial charge is 0.464 e. The van der Waals surface area contributed by atoms with Crippen molar-refractivity contribution in [2.75, 3.05) is 23.8 Å². The van der Waals surface area contributed by atoms with E-state index in [9.17, 15) is 13.2 Å². The van der Waals surface area contributed by atoms with Crippen LogP contribution in [0.15, 0.2) is 36.7 Å². The number of hydrogen-bond donors (Lipinski definition) is 2. The standard InChI is InChI=1S/C18H20F3N7O/c1-3-29-17-26-15(23-8-10-28-9-7-22-12(28)2)25-16(27-17)24-14-6-4-5-13(11-14)18(19,20)21/h4-7,9,11H,3,8,10H2,1-2H3,(H2,23,24,25,26,27). The number of aromatic nitrogens is 5. The Morgan fingerprint density at radius 1 is 1.14 bits per heavy atom. The summed E-state index contributed by atoms with van der Waals surface area (Å²) in [7, 11) is 0. The fourth-order valence-corrected chi connectivity index (χ4v) is 2.52. The first-order valence-electron chi connectivity index (χ1n) is 8.90. The third kappa shape index (κ3) is 5.56. The van der Waals surface area contributed by atoms with Gasteiger partial charge < -0.3 is 19.9 Å². The molecule has 2 aromatic heterocycles. The summed E-state index contributed by atoms with van der Waals surface area (Å²) in [6, 6.07) is 4.85. The van der Waals surface area contributed by atoms with Crippen LogP contribution in [0, 0.1) is 6.92 Å². The number of rotatable bonds is 8. The molecule has 0 spiro atoms. The van der Waals surface area contributed by atoms with E-state index in [1.54, 1.807) is 13.1 Å². The molecule has 154 valence electrons. The summed E-state index contributed by atoms with van der Waals surface area (Å²) in [4.78, 5) is 16.6. The van der Waals surface area contributed by atoms with Gasteiger partial charge in [0.05, 0.1) is 12.2 Å². The molecule has 0 unspecified atom stereocenters. The maximum atomic E-state index is 12.9. The zero-order valence-corrected chi connectivity index (χ0v) is 15.9. The number of halogens is 3. The van der Waals surface area contributed by atoms with Gasteiger partial charge in [0.15, 0.2) is 0 Å². The van der Waals surface area contributed by atoms with E-state index >= 15 is 0 Å². The lowest BCUT2D eigenvalue weighted by molar-refractivity contribution is -0.137. The second kappa shape index (κ2) is 8.76. The summed E-state index contributed by atoms with van der Waals surface area (Å²) in [6.07, 6.45) is -0.870. The molecule has 1 aromatic carbocycles. The molecule has 0 atom stereocenters. The normalized spacial score (nSPS) is 11.3. The van der Waals surface area contributed by atoms with Crippen LogP contribution in [0.4, 0.5) is 30.8 Å². The van der Waals surface area contributed by atoms with Crippen LogP contribution >= 0.6 is 0 Å². The Balaban J connectivity index is 1.75. The predicted molar refractivity (Wildman–Crippen MR) is 101 cm³/mol. The minimum atomic E-state index is -4.44. The zero-order chi connectivity index (χ0) is 20.9. The first-order valence-corrected chi connectivity index (χ1v) is 8.90. The molecule has 2 heterocycles. The number of ether oxygens (including phenoxy) is 1. The Bertz CT molecular complexity index is 959. The van der Waals surface area contributed by atoms with Crippen LogP contribution in [0.25, 0.3) is 0 Å². The summed E-state index contributed by atoms with van der Waals surface area (Å²) in [6.45, 7) is 5.15. The Hall–Kier alpha value is -3.37. The van der Waals surface area contributed by atoms with Gasteiger partial charge >= 0.3 is 12.2 Å². The van der Waals surface area contributed by atoms with E-state index in [0.717, 1.165) is 18.0 Å². The number of nitrogens with one attached hydrogen (secondary N) is 2. The van der Waals surface area contributed by atoms with E-state index in [2.05, 4.69) is 30.6 Å². The molecule has 0 saturated heterocycles. The first kappa shape index (κ1) is 20.4. The second-order valence-electron chi connectivity index (χ2n) is 6.00. The van der Waals surface area contributed by atoms with Gasteiger partial charge in [-0.1, -0.05) is 6.07 Å². The van der Waals surface area contributed by atoms with Crippen molar-refractivity contribution in [1.29, 1.82) is 0 Å². The van der Waals surface area contributed by atoms with Crippen molar-refractivity contribution in [3.8, 4) is 6.01 Å². The molecule has 3 aromatic rings. The van der Waals surface area contributed by atoms with E-state index in [-0.39, 0.29) is 23.6 Å². The van der Waals surface area contributed by atoms with Gasteiger partial charge in [-0.15, -0.1) is 0 Å². The highest BCUT2D eigenvalue weighted by atomic mass is 19.4. The summed E-state index contributed by atoms with van der Waals surface area (Å²) in [5.41, 5.74) is -0.566. The second-order valence-corrected chi connectivity index (χ2v) is 6.00. The van der Waals surface area contributed by atoms with Crippen molar-refractivity contribution in [3.63, 3.8) is 0 Å². The Kier molecular flexibility index (Phi) is 6.15. The van der Waals surface area contributed by atoms with Gasteiger partial charge in [0.2, 0.25) is 11.9 Å². The number of aryl methyl sites for hydroxylation is 1. The molecule has 0 aliphatic heterocycles. The third-order valence-corrected chi connectivity index (χ3v) is 3.89. The van der Waals surface area contributed by atoms with Crippen molar-refractivity contribution in [3.05, 3.63) is 48.0 Å². The average molecular weight is 407 g/mol. The van der Waals surface area contributed by atoms with Gasteiger partial charge in [-0.2, -0.15) is 28.1 Å². The van der Waals surface area contributed by atoms with E-state index in [1.165, 1.54) is 12.1 Å². The number of benzene rings is 1. The molecule has 0 amide bonds. The van der Waals surface area contributed by atoms with Crippen LogP contribution in [0.3, 0.4) is 0 Å². The van der Waals surface area contributed by atoms with Gasteiger partial charge in [-0.3, -0.25) is 0 Å². The SMILES string of the molecule is CCOc1nc(NCCn2ccnc2C)nc(Nc2cccc(C(F)(F)F)c2)n1. The summed E-state index contributed by atoms with van der Waals surface area (Å²) < 4.78 is 46.0. The molecule has 0 bridgehead atoms. The summed E-state index contributed by atoms with van der Waals surface area (Å²) in [5, 5.41) is 5.83. The molecule has 0 aliphatic rings. The summed E-state index contributed by atoms with van der Waals surface area (Å²) in [5.74, 6) is 1.20. The van der Waals surface area contributed by atoms with Crippen molar-refractivity contribution in [2.45, 2.75) is 26.6 Å². The molecular formula is C18H20F3N7O. The Morgan fingerprint density at radius 2 is 1.93 bits per heavy atom. The fourth-order valence-electron chi connectivity index (χ4n) is 2.52. The third-order valence-electron chi connectivity index (χ3n) is 3.89. The highest BCUT2D eigenvalue weighted by Gasteiger charge is 2.30. The molecule has 2 N–H and O–H groups in total. The predicted octanol–water partition coefficient (Wildman–Crippen LogP) is 3.65. The number of nitrogens with zero attached hydrogens (tertiary/aromatic N) is 5. The van der Waals surface area contributed by atoms with Gasteiger partial charge in [0.25, 0.3) is 0 Å². The minimum Gasteiger partial charge on any atom is -0.464 e. The zero-order valence-electron chi connectivity index (χ0n) is 15.9. The summed E-state index contributed by atoms with van der Waals surface area (Å²) >= 11 is 0. The molecule has 8 nitrogen and oxygen atoms in total. The van der Waals surface area contributed by atoms with E-state index in [4.69, 9.17) is 4.74 Å². The van der Waals surface area contributed by atoms with Crippen LogP contribution < -0.4 is 15.4 Å². The number of anilines is 3. The maximum Gasteiger partial charge on any atom is 0.416 e. The molecule has 0 fully saturated rings. The lowest BCUT2D eigenvalue weighted by Gasteiger charge is -2.12. The van der Waals surface area contributed by atoms with Crippen LogP contribution in [0.5, 0.6) is 6.01 Å². The van der Waals surface area contributed by atoms with Crippen molar-refractivity contribution in [1.82, 2.24) is 24.5 Å². The van der Waals surface area contributed by atoms with Crippen LogP contribution in [0.2, 0.25) is 0 Å². The van der Waals surface area contributed by atoms with Crippen LogP contribution in [-0.2, 0) is 12.7 Å². The van der Waals surface area contributed by atoms with Gasteiger partial charge in [0, 0.05) is 31.2 Å². The average Bonchev–Trinajstić information content (AvgIpc) is 3.06. The van der Waals surface area contributed by atoms with Gasteiger partial charge in [-0.25, -0.2) is 4.98 Å². The molecule has 0 radical (unpaired) electrons. The molecular weight excluding hydrogens is 387 g/mol. The van der Waals surface area contributed by atoms with Crippen LogP contribution in [-0.4, -0.2) is 37.7 Å². The number of alkyl halides is 3. The highest BCUT2D eigenvalue weighted by Crippen LogP contribution is 2.31. The van der Waals surface area contributed by atoms with E-state index < -0.39 is 11.7 Å². The number of hydrogen-bond acceptors (Lipinski definition) is 7. The van der Waals surface area contributed by atoms with Gasteiger partial charge in [0.1, 0.15) is 5.82 Å². The topological polar surface area (TPSA) is 89.8 Å². The molecule has 29 heavy (non-hydrogen) atoms. The highest BCUT2D eigenvalue weighted by molar-refractivity contribution is 5.55. The monoisotopic (exact) mass is 407 g/mol. The molecule has 0 aliphatic carbocycles. The maximum absolute atomic E-state index is 12.9. The lowest BCUT2D eigenvalue weighted by atomic mass is 10.2. The van der Waals surface area contributed by atoms with Gasteiger partial charge in [-0.05, 0) is 32.0 Å². The first-order chi connectivity index (χ1) is 13.8. The Labute approximate surface area is 165 Å². The van der Waals surface area contributed by atoms with E-state index in [1.807, 2.05) is 17.7 Å². The van der Waals surface area contributed by atoms with E-state index in [0.29, 0.717) is 19.7 Å².